The largest absolute Gasteiger partial charge is 0.321 e. The molecule has 2 aromatic rings. The van der Waals surface area contributed by atoms with Crippen LogP contribution in [0.25, 0.3) is 10.9 Å². The van der Waals surface area contributed by atoms with E-state index in [1.165, 1.54) is 6.07 Å². The van der Waals surface area contributed by atoms with Crippen molar-refractivity contribution in [1.82, 2.24) is 4.98 Å². The maximum Gasteiger partial charge on any atom is 0.248 e. The van der Waals surface area contributed by atoms with Crippen LogP contribution in [0.1, 0.15) is 5.56 Å². The summed E-state index contributed by atoms with van der Waals surface area (Å²) in [7, 11) is 0. The first kappa shape index (κ1) is 8.97. The van der Waals surface area contributed by atoms with Crippen molar-refractivity contribution in [3.63, 3.8) is 0 Å². The van der Waals surface area contributed by atoms with Crippen molar-refractivity contribution in [1.29, 1.82) is 5.26 Å². The van der Waals surface area contributed by atoms with Gasteiger partial charge in [-0.3, -0.25) is 4.79 Å². The average molecular weight is 249 g/mol. The molecule has 2 rings (SSSR count). The topological polar surface area (TPSA) is 56.6 Å². The molecule has 0 unspecified atom stereocenters. The highest BCUT2D eigenvalue weighted by atomic mass is 79.9. The zero-order chi connectivity index (χ0) is 10.1. The lowest BCUT2D eigenvalue weighted by Gasteiger charge is -2.01. The molecular weight excluding hydrogens is 244 g/mol. The SMILES string of the molecule is N#Cc1ccc(Br)c2ccc(=O)[nH]c12. The number of nitrogens with one attached hydrogen (secondary N) is 1. The Hall–Kier alpha value is -1.60. The minimum Gasteiger partial charge on any atom is -0.321 e. The molecule has 0 aliphatic rings. The fourth-order valence-corrected chi connectivity index (χ4v) is 1.77. The fraction of sp³-hybridized carbons (Fsp3) is 0. The number of pyridine rings is 1. The number of nitriles is 1. The number of rotatable bonds is 0. The number of H-pyrrole nitrogens is 1. The molecule has 0 amide bonds. The van der Waals surface area contributed by atoms with E-state index in [1.54, 1.807) is 18.2 Å². The first-order valence-electron chi connectivity index (χ1n) is 3.94. The normalized spacial score (nSPS) is 10.0. The van der Waals surface area contributed by atoms with Crippen molar-refractivity contribution in [2.24, 2.45) is 0 Å². The van der Waals surface area contributed by atoms with Gasteiger partial charge in [-0.25, -0.2) is 0 Å². The Balaban J connectivity index is 3.01. The number of nitrogens with zero attached hydrogens (tertiary/aromatic N) is 1. The molecule has 1 aromatic carbocycles. The Bertz CT molecular complexity index is 595. The van der Waals surface area contributed by atoms with E-state index >= 15 is 0 Å². The van der Waals surface area contributed by atoms with Crippen molar-refractivity contribution >= 4 is 26.8 Å². The van der Waals surface area contributed by atoms with E-state index in [1.807, 2.05) is 6.07 Å². The predicted molar refractivity (Wildman–Crippen MR) is 57.0 cm³/mol. The quantitative estimate of drug-likeness (QED) is 0.777. The lowest BCUT2D eigenvalue weighted by atomic mass is 10.1. The molecule has 4 heteroatoms. The smallest absolute Gasteiger partial charge is 0.248 e. The summed E-state index contributed by atoms with van der Waals surface area (Å²) in [6.45, 7) is 0. The molecule has 0 radical (unpaired) electrons. The minimum absolute atomic E-state index is 0.202. The number of aromatic nitrogens is 1. The maximum absolute atomic E-state index is 11.1. The van der Waals surface area contributed by atoms with Crippen molar-refractivity contribution in [2.75, 3.05) is 0 Å². The standard InChI is InChI=1S/C10H5BrN2O/c11-8-3-1-6(5-12)10-7(8)2-4-9(14)13-10/h1-4H,(H,13,14). The third-order valence-electron chi connectivity index (χ3n) is 1.96. The zero-order valence-corrected chi connectivity index (χ0v) is 8.63. The molecule has 0 spiro atoms. The second-order valence-corrected chi connectivity index (χ2v) is 3.67. The third-order valence-corrected chi connectivity index (χ3v) is 2.65. The molecule has 1 aromatic heterocycles. The Morgan fingerprint density at radius 3 is 2.79 bits per heavy atom. The summed E-state index contributed by atoms with van der Waals surface area (Å²) < 4.78 is 0.864. The van der Waals surface area contributed by atoms with Gasteiger partial charge in [0.25, 0.3) is 0 Å². The van der Waals surface area contributed by atoms with Crippen LogP contribution in [0.5, 0.6) is 0 Å². The molecule has 3 nitrogen and oxygen atoms in total. The van der Waals surface area contributed by atoms with Gasteiger partial charge in [0, 0.05) is 15.9 Å². The molecule has 68 valence electrons. The number of fused-ring (bicyclic) bond motifs is 1. The third kappa shape index (κ3) is 1.32. The lowest BCUT2D eigenvalue weighted by Crippen LogP contribution is -2.03. The van der Waals surface area contributed by atoms with Crippen LogP contribution in [0.2, 0.25) is 0 Å². The molecule has 0 saturated heterocycles. The molecule has 0 fully saturated rings. The molecule has 0 bridgehead atoms. The van der Waals surface area contributed by atoms with Crippen molar-refractivity contribution in [2.45, 2.75) is 0 Å². The van der Waals surface area contributed by atoms with Crippen LogP contribution in [0.4, 0.5) is 0 Å². The number of hydrogen-bond donors (Lipinski definition) is 1. The van der Waals surface area contributed by atoms with Gasteiger partial charge in [-0.15, -0.1) is 0 Å². The van der Waals surface area contributed by atoms with Crippen molar-refractivity contribution < 1.29 is 0 Å². The molecule has 1 heterocycles. The number of halogens is 1. The Morgan fingerprint density at radius 2 is 2.07 bits per heavy atom. The van der Waals surface area contributed by atoms with Gasteiger partial charge in [0.2, 0.25) is 5.56 Å². The van der Waals surface area contributed by atoms with Crippen LogP contribution in [0, 0.1) is 11.3 Å². The van der Waals surface area contributed by atoms with Gasteiger partial charge in [-0.05, 0) is 18.2 Å². The monoisotopic (exact) mass is 248 g/mol. The summed E-state index contributed by atoms with van der Waals surface area (Å²) in [5.74, 6) is 0. The van der Waals surface area contributed by atoms with E-state index < -0.39 is 0 Å². The zero-order valence-electron chi connectivity index (χ0n) is 7.04. The minimum atomic E-state index is -0.202. The van der Waals surface area contributed by atoms with E-state index in [0.717, 1.165) is 9.86 Å². The number of aromatic amines is 1. The summed E-state index contributed by atoms with van der Waals surface area (Å²) in [6.07, 6.45) is 0. The predicted octanol–water partition coefficient (Wildman–Crippen LogP) is 2.16. The van der Waals surface area contributed by atoms with E-state index in [9.17, 15) is 4.79 Å². The van der Waals surface area contributed by atoms with E-state index in [2.05, 4.69) is 20.9 Å². The second kappa shape index (κ2) is 3.28. The van der Waals surface area contributed by atoms with Crippen molar-refractivity contribution in [3.8, 4) is 6.07 Å². The van der Waals surface area contributed by atoms with E-state index in [4.69, 9.17) is 5.26 Å². The summed E-state index contributed by atoms with van der Waals surface area (Å²) in [5.41, 5.74) is 0.849. The fourth-order valence-electron chi connectivity index (χ4n) is 1.31. The molecular formula is C10H5BrN2O. The van der Waals surface area contributed by atoms with Crippen LogP contribution in [-0.2, 0) is 0 Å². The Morgan fingerprint density at radius 1 is 1.29 bits per heavy atom. The first-order chi connectivity index (χ1) is 6.72. The molecule has 0 atom stereocenters. The van der Waals surface area contributed by atoms with E-state index in [-0.39, 0.29) is 5.56 Å². The van der Waals surface area contributed by atoms with Crippen molar-refractivity contribution in [3.05, 3.63) is 44.7 Å². The van der Waals surface area contributed by atoms with Gasteiger partial charge >= 0.3 is 0 Å². The first-order valence-corrected chi connectivity index (χ1v) is 4.73. The lowest BCUT2D eigenvalue weighted by molar-refractivity contribution is 1.29. The van der Waals surface area contributed by atoms with Crippen LogP contribution < -0.4 is 5.56 Å². The molecule has 0 saturated carbocycles. The molecule has 14 heavy (non-hydrogen) atoms. The summed E-state index contributed by atoms with van der Waals surface area (Å²) in [5, 5.41) is 9.67. The molecule has 0 aliphatic carbocycles. The van der Waals surface area contributed by atoms with Gasteiger partial charge in [0.05, 0.1) is 11.1 Å². The Kier molecular flexibility index (Phi) is 2.10. The highest BCUT2D eigenvalue weighted by Crippen LogP contribution is 2.23. The van der Waals surface area contributed by atoms with Gasteiger partial charge in [-0.1, -0.05) is 15.9 Å². The van der Waals surface area contributed by atoms with Crippen LogP contribution in [0.15, 0.2) is 33.5 Å². The highest BCUT2D eigenvalue weighted by Gasteiger charge is 2.03. The molecule has 1 N–H and O–H groups in total. The Labute approximate surface area is 88.1 Å². The van der Waals surface area contributed by atoms with Gasteiger partial charge in [-0.2, -0.15) is 5.26 Å². The summed E-state index contributed by atoms with van der Waals surface area (Å²) >= 11 is 3.35. The molecule has 0 aliphatic heterocycles. The van der Waals surface area contributed by atoms with Crippen LogP contribution >= 0.6 is 15.9 Å². The summed E-state index contributed by atoms with van der Waals surface area (Å²) in [4.78, 5) is 13.7. The van der Waals surface area contributed by atoms with Gasteiger partial charge in [0.15, 0.2) is 0 Å². The number of benzene rings is 1. The van der Waals surface area contributed by atoms with Crippen LogP contribution in [-0.4, -0.2) is 4.98 Å². The van der Waals surface area contributed by atoms with E-state index in [0.29, 0.717) is 11.1 Å². The average Bonchev–Trinajstić information content (AvgIpc) is 2.18. The summed E-state index contributed by atoms with van der Waals surface area (Å²) in [6, 6.07) is 8.63. The van der Waals surface area contributed by atoms with Gasteiger partial charge in [0.1, 0.15) is 6.07 Å². The second-order valence-electron chi connectivity index (χ2n) is 2.82. The van der Waals surface area contributed by atoms with Gasteiger partial charge < -0.3 is 4.98 Å². The number of hydrogen-bond acceptors (Lipinski definition) is 2. The van der Waals surface area contributed by atoms with Crippen LogP contribution in [0.3, 0.4) is 0 Å². The maximum atomic E-state index is 11.1. The highest BCUT2D eigenvalue weighted by molar-refractivity contribution is 9.10.